The standard InChI is InChI=1S/C54H97N7O27.C33H58N2O14/c1-3-55-33(64)13-7-4-10-16-56-36(67)23-61(24-37(68)57-17-11-5-8-14-34(65)59-19-21-81-51-46(77)43(74)39(70)29(2)84-51)25-38(69)58-18-12-6-9-15-35(66)60-20-22-82-53-49(80)50(88-54-48(79)45(76)41(72)31(27-63)86-54)42(73)32(87-53)28-83-52-47(78)44(75)40(71)30(26-62)85-52;1-4-34-25(39)14-8-6-5-7-11-22(36)17-35(18-23(37)12-9-15-46-32-30(44)28(42)26(40)20(2)48-32)19-24(38)13-10-16-47-33-31(45)29(43)27(41)21(3)49-33/h29-32,39-54,62-63,70-80H,3-28H2,1-2H3,(H,55,64)(H,56,67)(H,57,68)(H,58,69)(H,59,65)(H,60,66);20-21,26-33,40-45H,4-19H2,1-3H3,(H,34,39)/t29-,30+,31+,32+,39+,40+,41+,42+,43+,44-,45-,46-,47-,48-,49-,50-,51+,52-,53-,54+;20-,21-,26+,27+,28+,29+,30-,31-,32+,33+/m00/s1. The van der Waals surface area contributed by atoms with Crippen molar-refractivity contribution in [2.24, 2.45) is 0 Å². The number of hydrogen-bond donors (Lipinski definition) is 26. The van der Waals surface area contributed by atoms with Gasteiger partial charge in [-0.15, -0.1) is 0 Å². The maximum atomic E-state index is 13.1. The number of carbonyl (C=O) groups excluding carboxylic acids is 10. The topological polar surface area (TPSA) is 757 Å². The Balaban J connectivity index is 0.000000570. The molecule has 6 aliphatic rings. The van der Waals surface area contributed by atoms with Gasteiger partial charge in [0, 0.05) is 90.8 Å². The van der Waals surface area contributed by atoms with Crippen molar-refractivity contribution in [1.29, 1.82) is 0 Å². The molecular weight excluding hydrogens is 1830 g/mol. The first-order chi connectivity index (χ1) is 65.2. The molecule has 0 radical (unpaired) electrons. The summed E-state index contributed by atoms with van der Waals surface area (Å²) in [5.41, 5.74) is 0. The zero-order valence-corrected chi connectivity index (χ0v) is 78.9. The number of ketones is 3. The molecule has 6 fully saturated rings. The molecule has 50 heteroatoms. The second kappa shape index (κ2) is 66.0. The Labute approximate surface area is 796 Å². The van der Waals surface area contributed by atoms with Gasteiger partial charge in [-0.2, -0.15) is 0 Å². The Bertz CT molecular complexity index is 3430. The molecule has 30 atom stereocenters. The zero-order chi connectivity index (χ0) is 101. The van der Waals surface area contributed by atoms with E-state index in [1.54, 1.807) is 0 Å². The normalized spacial score (nSPS) is 31.7. The SMILES string of the molecule is CCNC(=O)CCCCCCC(=O)CN(CC(=O)CCCO[C@@H]1O[C@@H](C)[C@@H](O)[C@@H](O)[C@@H]1O)CC(=O)CCCO[C@@H]1O[C@@H](C)[C@@H](O)[C@@H](O)[C@@H]1O.CCNC(=O)CCCCCNC(=O)CN(CC(=O)NCCCCCC(=O)NCCO[C@@H]1O[C@@H](C)[C@@H](O)[C@@H](O)[C@@H]1O)CC(=O)NCCCCCC(=O)NCCO[C@H]1O[C@H](CO[C@H]2O[C@H](CO)[C@@H](O)[C@H](O)[C@@H]2O)[C@@H](O)[C@H](O[C@H]2O[C@H](CO)[C@@H](O)[C@H](O)[C@@H]2O)[C@@H]1O. The molecule has 794 valence electrons. The van der Waals surface area contributed by atoms with Gasteiger partial charge in [0.05, 0.1) is 104 Å². The molecule has 6 rings (SSSR count). The minimum atomic E-state index is -1.94. The molecule has 7 amide bonds. The van der Waals surface area contributed by atoms with Crippen LogP contribution in [0.5, 0.6) is 0 Å². The highest BCUT2D eigenvalue weighted by molar-refractivity contribution is 5.87. The number of aliphatic hydroxyl groups excluding tert-OH is 19. The summed E-state index contributed by atoms with van der Waals surface area (Å²) in [5, 5.41) is 213. The lowest BCUT2D eigenvalue weighted by atomic mass is 9.96. The molecule has 0 bridgehead atoms. The maximum Gasteiger partial charge on any atom is 0.234 e. The first kappa shape index (κ1) is 121. The van der Waals surface area contributed by atoms with E-state index in [-0.39, 0.29) is 178 Å². The highest BCUT2D eigenvalue weighted by atomic mass is 16.8. The van der Waals surface area contributed by atoms with Crippen LogP contribution in [0.15, 0.2) is 0 Å². The van der Waals surface area contributed by atoms with E-state index in [1.165, 1.54) is 30.6 Å². The summed E-state index contributed by atoms with van der Waals surface area (Å²) in [6.45, 7) is 6.48. The van der Waals surface area contributed by atoms with Crippen molar-refractivity contribution < 1.29 is 202 Å². The van der Waals surface area contributed by atoms with E-state index in [0.717, 1.165) is 19.3 Å². The van der Waals surface area contributed by atoms with Crippen LogP contribution >= 0.6 is 0 Å². The number of nitrogens with zero attached hydrogens (tertiary/aromatic N) is 2. The summed E-state index contributed by atoms with van der Waals surface area (Å²) in [5.74, 6) is -2.56. The largest absolute Gasteiger partial charge is 0.394 e. The van der Waals surface area contributed by atoms with Crippen LogP contribution in [0.4, 0.5) is 0 Å². The lowest BCUT2D eigenvalue weighted by molar-refractivity contribution is -0.366. The van der Waals surface area contributed by atoms with Crippen LogP contribution in [0.3, 0.4) is 0 Å². The monoisotopic (exact) mass is 1980 g/mol. The Morgan fingerprint density at radius 1 is 0.255 bits per heavy atom. The zero-order valence-electron chi connectivity index (χ0n) is 78.9. The molecule has 0 aromatic carbocycles. The molecular formula is C87H155N9O41. The molecule has 6 heterocycles. The summed E-state index contributed by atoms with van der Waals surface area (Å²) in [7, 11) is 0. The van der Waals surface area contributed by atoms with E-state index in [0.29, 0.717) is 96.7 Å². The summed E-state index contributed by atoms with van der Waals surface area (Å²) in [4.78, 5) is 129. The molecule has 137 heavy (non-hydrogen) atoms. The number of hydrogen-bond acceptors (Lipinski definition) is 43. The van der Waals surface area contributed by atoms with E-state index in [4.69, 9.17) is 56.8 Å². The molecule has 50 nitrogen and oxygen atoms in total. The van der Waals surface area contributed by atoms with Crippen LogP contribution in [-0.4, -0.2) is 481 Å². The fourth-order valence-electron chi connectivity index (χ4n) is 15.4. The third-order valence-electron chi connectivity index (χ3n) is 23.5. The van der Waals surface area contributed by atoms with Gasteiger partial charge in [0.1, 0.15) is 146 Å². The van der Waals surface area contributed by atoms with Crippen molar-refractivity contribution >= 4 is 58.7 Å². The van der Waals surface area contributed by atoms with E-state index in [9.17, 15) is 145 Å². The fourth-order valence-corrected chi connectivity index (χ4v) is 15.4. The predicted octanol–water partition coefficient (Wildman–Crippen LogP) is -10.3. The van der Waals surface area contributed by atoms with Gasteiger partial charge in [-0.3, -0.25) is 57.7 Å². The van der Waals surface area contributed by atoms with Gasteiger partial charge < -0.3 is 191 Å². The van der Waals surface area contributed by atoms with Crippen molar-refractivity contribution in [2.45, 2.75) is 360 Å². The number of rotatable bonds is 64. The second-order valence-corrected chi connectivity index (χ2v) is 35.0. The molecule has 0 spiro atoms. The molecule has 0 aliphatic carbocycles. The molecule has 0 aromatic heterocycles. The van der Waals surface area contributed by atoms with Gasteiger partial charge in [0.25, 0.3) is 0 Å². The summed E-state index contributed by atoms with van der Waals surface area (Å²) in [6.07, 6.45) is -34.2. The van der Waals surface area contributed by atoms with Gasteiger partial charge in [0.15, 0.2) is 37.7 Å². The van der Waals surface area contributed by atoms with Gasteiger partial charge >= 0.3 is 0 Å². The highest BCUT2D eigenvalue weighted by Gasteiger charge is 2.53. The van der Waals surface area contributed by atoms with Gasteiger partial charge in [-0.25, -0.2) is 0 Å². The number of nitrogens with one attached hydrogen (secondary N) is 7. The Kier molecular flexibility index (Phi) is 58.5. The van der Waals surface area contributed by atoms with Crippen LogP contribution in [0.2, 0.25) is 0 Å². The molecule has 0 unspecified atom stereocenters. The quantitative estimate of drug-likeness (QED) is 0.0251. The Morgan fingerprint density at radius 3 is 0.891 bits per heavy atom. The number of aliphatic hydroxyl groups is 19. The van der Waals surface area contributed by atoms with Crippen molar-refractivity contribution in [3.05, 3.63) is 0 Å². The van der Waals surface area contributed by atoms with Crippen LogP contribution < -0.4 is 37.2 Å². The minimum absolute atomic E-state index is 0.00275. The third kappa shape index (κ3) is 43.6. The highest BCUT2D eigenvalue weighted by Crippen LogP contribution is 2.33. The van der Waals surface area contributed by atoms with Crippen molar-refractivity contribution in [3.63, 3.8) is 0 Å². The fraction of sp³-hybridized carbons (Fsp3) is 0.885. The molecule has 26 N–H and O–H groups in total. The maximum absolute atomic E-state index is 13.1. The number of amides is 7. The average molecular weight is 1980 g/mol. The smallest absolute Gasteiger partial charge is 0.234 e. The van der Waals surface area contributed by atoms with Crippen LogP contribution in [0, 0.1) is 0 Å². The minimum Gasteiger partial charge on any atom is -0.394 e. The van der Waals surface area contributed by atoms with E-state index in [1.807, 2.05) is 13.8 Å². The molecule has 6 saturated heterocycles. The third-order valence-corrected chi connectivity index (χ3v) is 23.5. The lowest BCUT2D eigenvalue weighted by Crippen LogP contribution is -2.65. The number of carbonyl (C=O) groups is 10. The van der Waals surface area contributed by atoms with Crippen LogP contribution in [0.25, 0.3) is 0 Å². The summed E-state index contributed by atoms with van der Waals surface area (Å²) in [6, 6.07) is 0. The molecule has 0 saturated carbocycles. The lowest BCUT2D eigenvalue weighted by Gasteiger charge is -2.46. The van der Waals surface area contributed by atoms with Gasteiger partial charge in [0.2, 0.25) is 41.4 Å². The second-order valence-electron chi connectivity index (χ2n) is 35.0. The van der Waals surface area contributed by atoms with Crippen molar-refractivity contribution in [1.82, 2.24) is 47.0 Å². The van der Waals surface area contributed by atoms with Gasteiger partial charge in [-0.1, -0.05) is 32.1 Å². The van der Waals surface area contributed by atoms with Gasteiger partial charge in [-0.05, 0) is 98.8 Å². The number of unbranched alkanes of at least 4 members (excludes halogenated alkanes) is 9. The van der Waals surface area contributed by atoms with E-state index < -0.39 is 222 Å². The number of Topliss-reactive ketones (excluding diaryl/α,β-unsaturated/α-hetero) is 3. The Morgan fingerprint density at radius 2 is 0.533 bits per heavy atom. The Hall–Kier alpha value is -6.02. The first-order valence-corrected chi connectivity index (χ1v) is 47.6. The predicted molar refractivity (Wildman–Crippen MR) is 472 cm³/mol. The average Bonchev–Trinajstić information content (AvgIpc) is 0.781. The number of ether oxygens (including phenoxy) is 12. The summed E-state index contributed by atoms with van der Waals surface area (Å²) >= 11 is 0. The van der Waals surface area contributed by atoms with E-state index in [2.05, 4.69) is 37.2 Å². The van der Waals surface area contributed by atoms with E-state index >= 15 is 0 Å². The van der Waals surface area contributed by atoms with Crippen molar-refractivity contribution in [2.75, 3.05) is 131 Å². The van der Waals surface area contributed by atoms with Crippen LogP contribution in [-0.2, 0) is 105 Å². The first-order valence-electron chi connectivity index (χ1n) is 47.6. The van der Waals surface area contributed by atoms with Crippen molar-refractivity contribution in [3.8, 4) is 0 Å². The molecule has 0 aromatic rings. The summed E-state index contributed by atoms with van der Waals surface area (Å²) < 4.78 is 66.0. The van der Waals surface area contributed by atoms with Crippen LogP contribution in [0.1, 0.15) is 176 Å². The molecule has 6 aliphatic heterocycles.